The van der Waals surface area contributed by atoms with E-state index in [9.17, 15) is 19.7 Å². The highest BCUT2D eigenvalue weighted by Crippen LogP contribution is 2.32. The fourth-order valence-electron chi connectivity index (χ4n) is 4.55. The van der Waals surface area contributed by atoms with Crippen LogP contribution in [0.3, 0.4) is 0 Å². The molecule has 4 rings (SSSR count). The van der Waals surface area contributed by atoms with Crippen LogP contribution in [0.5, 0.6) is 0 Å². The Hall–Kier alpha value is -2.88. The van der Waals surface area contributed by atoms with E-state index in [1.807, 2.05) is 42.4 Å². The Balaban J connectivity index is 0.00000289. The van der Waals surface area contributed by atoms with Gasteiger partial charge in [-0.25, -0.2) is 9.48 Å². The maximum atomic E-state index is 13.4. The minimum atomic E-state index is -0.570. The van der Waals surface area contributed by atoms with E-state index in [2.05, 4.69) is 0 Å². The Bertz CT molecular complexity index is 1140. The topological polar surface area (TPSA) is 83.5 Å². The van der Waals surface area contributed by atoms with Gasteiger partial charge in [0.1, 0.15) is 0 Å². The predicted molar refractivity (Wildman–Crippen MR) is 118 cm³/mol. The molecule has 32 heavy (non-hydrogen) atoms. The lowest BCUT2D eigenvalue weighted by Gasteiger charge is -2.28. The third kappa shape index (κ3) is 3.87. The molecule has 7 nitrogen and oxygen atoms in total. The van der Waals surface area contributed by atoms with Crippen LogP contribution in [0.25, 0.3) is 6.08 Å². The summed E-state index contributed by atoms with van der Waals surface area (Å²) in [5.41, 5.74) is 1.80. The van der Waals surface area contributed by atoms with Crippen LogP contribution in [-0.4, -0.2) is 56.5 Å². The van der Waals surface area contributed by atoms with Crippen LogP contribution in [0.15, 0.2) is 54.6 Å². The van der Waals surface area contributed by atoms with E-state index >= 15 is 0 Å². The Morgan fingerprint density at radius 1 is 1.03 bits per heavy atom. The molecule has 1 aliphatic heterocycles. The van der Waals surface area contributed by atoms with Crippen molar-refractivity contribution in [1.82, 2.24) is 4.90 Å². The SMILES string of the molecule is CC[N+]1=C(/C=C/c2ccc([N+](=O)[O-])cc2)N(C(C)C)C2C(=O)c3ccccc3C(=O)C21.[I-]. The lowest BCUT2D eigenvalue weighted by atomic mass is 9.82. The van der Waals surface area contributed by atoms with Gasteiger partial charge in [0.15, 0.2) is 0 Å². The second-order valence-corrected chi connectivity index (χ2v) is 7.99. The molecule has 2 aromatic rings. The summed E-state index contributed by atoms with van der Waals surface area (Å²) in [4.78, 5) is 39.3. The van der Waals surface area contributed by atoms with Gasteiger partial charge in [0, 0.05) is 29.3 Å². The molecule has 8 heteroatoms. The number of likely N-dealkylation sites (N-methyl/N-ethyl adjacent to an activating group) is 1. The normalized spacial score (nSPS) is 19.9. The summed E-state index contributed by atoms with van der Waals surface area (Å²) in [5.74, 6) is 0.734. The van der Waals surface area contributed by atoms with Crippen molar-refractivity contribution in [2.24, 2.45) is 0 Å². The van der Waals surface area contributed by atoms with Crippen molar-refractivity contribution in [3.63, 3.8) is 0 Å². The number of hydrogen-bond donors (Lipinski definition) is 0. The summed E-state index contributed by atoms with van der Waals surface area (Å²) in [7, 11) is 0. The number of amidine groups is 1. The third-order valence-corrected chi connectivity index (χ3v) is 5.91. The van der Waals surface area contributed by atoms with Crippen molar-refractivity contribution in [1.29, 1.82) is 0 Å². The molecule has 0 bridgehead atoms. The van der Waals surface area contributed by atoms with Gasteiger partial charge in [0.25, 0.3) is 11.5 Å². The summed E-state index contributed by atoms with van der Waals surface area (Å²) in [5, 5.41) is 10.9. The van der Waals surface area contributed by atoms with Gasteiger partial charge in [-0.05, 0) is 44.5 Å². The lowest BCUT2D eigenvalue weighted by molar-refractivity contribution is -0.538. The minimum Gasteiger partial charge on any atom is -1.00 e. The number of nitro benzene ring substituents is 1. The van der Waals surface area contributed by atoms with Gasteiger partial charge in [-0.1, -0.05) is 24.3 Å². The monoisotopic (exact) mass is 545 g/mol. The largest absolute Gasteiger partial charge is 1.00 e. The molecule has 2 aliphatic rings. The maximum Gasteiger partial charge on any atom is 0.273 e. The quantitative estimate of drug-likeness (QED) is 0.238. The van der Waals surface area contributed by atoms with Gasteiger partial charge in [0.2, 0.25) is 23.7 Å². The van der Waals surface area contributed by atoms with Crippen molar-refractivity contribution in [3.05, 3.63) is 81.4 Å². The predicted octanol–water partition coefficient (Wildman–Crippen LogP) is 0.583. The van der Waals surface area contributed by atoms with Crippen LogP contribution in [0.1, 0.15) is 47.1 Å². The van der Waals surface area contributed by atoms with Crippen molar-refractivity contribution < 1.29 is 43.1 Å². The zero-order valence-electron chi connectivity index (χ0n) is 18.1. The van der Waals surface area contributed by atoms with Crippen LogP contribution in [0, 0.1) is 10.1 Å². The summed E-state index contributed by atoms with van der Waals surface area (Å²) in [6.07, 6.45) is 3.75. The summed E-state index contributed by atoms with van der Waals surface area (Å²) in [6.45, 7) is 6.56. The Kier molecular flexibility index (Phi) is 6.92. The molecule has 2 aromatic carbocycles. The molecular formula is C24H24IN3O4. The number of rotatable bonds is 5. The van der Waals surface area contributed by atoms with Gasteiger partial charge in [-0.15, -0.1) is 0 Å². The minimum absolute atomic E-state index is 0. The van der Waals surface area contributed by atoms with Gasteiger partial charge < -0.3 is 24.0 Å². The van der Waals surface area contributed by atoms with Crippen LogP contribution in [0.2, 0.25) is 0 Å². The number of fused-ring (bicyclic) bond motifs is 2. The average molecular weight is 545 g/mol. The number of nitrogens with zero attached hydrogens (tertiary/aromatic N) is 3. The Labute approximate surface area is 203 Å². The second kappa shape index (κ2) is 9.32. The highest BCUT2D eigenvalue weighted by atomic mass is 127. The fourth-order valence-corrected chi connectivity index (χ4v) is 4.55. The fraction of sp³-hybridized carbons (Fsp3) is 0.292. The number of Topliss-reactive ketones (excluding diaryl/α,β-unsaturated/α-hetero) is 2. The molecule has 2 atom stereocenters. The molecular weight excluding hydrogens is 521 g/mol. The van der Waals surface area contributed by atoms with Crippen molar-refractivity contribution >= 4 is 29.2 Å². The summed E-state index contributed by atoms with van der Waals surface area (Å²) in [6, 6.07) is 12.2. The molecule has 166 valence electrons. The van der Waals surface area contributed by atoms with E-state index in [0.717, 1.165) is 11.4 Å². The van der Waals surface area contributed by atoms with E-state index in [-0.39, 0.29) is 47.3 Å². The molecule has 0 radical (unpaired) electrons. The van der Waals surface area contributed by atoms with Crippen LogP contribution >= 0.6 is 0 Å². The molecule has 0 fully saturated rings. The summed E-state index contributed by atoms with van der Waals surface area (Å²) < 4.78 is 1.99. The van der Waals surface area contributed by atoms with Crippen molar-refractivity contribution in [2.75, 3.05) is 6.54 Å². The lowest BCUT2D eigenvalue weighted by Crippen LogP contribution is -3.00. The smallest absolute Gasteiger partial charge is 0.273 e. The van der Waals surface area contributed by atoms with Crippen LogP contribution < -0.4 is 24.0 Å². The Morgan fingerprint density at radius 2 is 1.62 bits per heavy atom. The molecule has 0 amide bonds. The third-order valence-electron chi connectivity index (χ3n) is 5.91. The molecule has 0 aromatic heterocycles. The Morgan fingerprint density at radius 3 is 2.16 bits per heavy atom. The number of ketones is 2. The highest BCUT2D eigenvalue weighted by Gasteiger charge is 2.58. The second-order valence-electron chi connectivity index (χ2n) is 7.99. The number of non-ortho nitro benzene ring substituents is 1. The van der Waals surface area contributed by atoms with Crippen LogP contribution in [-0.2, 0) is 0 Å². The average Bonchev–Trinajstić information content (AvgIpc) is 3.11. The zero-order valence-corrected chi connectivity index (χ0v) is 20.2. The van der Waals surface area contributed by atoms with Gasteiger partial charge >= 0.3 is 0 Å². The molecule has 1 heterocycles. The first kappa shape index (κ1) is 23.8. The molecule has 2 unspecified atom stereocenters. The van der Waals surface area contributed by atoms with E-state index in [1.165, 1.54) is 12.1 Å². The number of benzene rings is 2. The summed E-state index contributed by atoms with van der Waals surface area (Å²) >= 11 is 0. The maximum absolute atomic E-state index is 13.4. The number of halogens is 1. The van der Waals surface area contributed by atoms with Crippen molar-refractivity contribution in [2.45, 2.75) is 38.9 Å². The number of carbonyl (C=O) groups excluding carboxylic acids is 2. The molecule has 0 N–H and O–H groups in total. The van der Waals surface area contributed by atoms with E-state index in [0.29, 0.717) is 17.7 Å². The molecule has 0 spiro atoms. The first-order chi connectivity index (χ1) is 14.8. The number of hydrogen-bond acceptors (Lipinski definition) is 5. The van der Waals surface area contributed by atoms with E-state index in [1.54, 1.807) is 36.4 Å². The zero-order chi connectivity index (χ0) is 22.3. The van der Waals surface area contributed by atoms with E-state index in [4.69, 9.17) is 0 Å². The number of carbonyl (C=O) groups is 2. The molecule has 0 saturated heterocycles. The first-order valence-electron chi connectivity index (χ1n) is 10.4. The van der Waals surface area contributed by atoms with E-state index < -0.39 is 17.0 Å². The first-order valence-corrected chi connectivity index (χ1v) is 10.4. The van der Waals surface area contributed by atoms with Gasteiger partial charge in [0.05, 0.1) is 17.5 Å². The van der Waals surface area contributed by atoms with Gasteiger partial charge in [-0.2, -0.15) is 0 Å². The highest BCUT2D eigenvalue weighted by molar-refractivity contribution is 6.20. The van der Waals surface area contributed by atoms with Gasteiger partial charge in [-0.3, -0.25) is 19.7 Å². The van der Waals surface area contributed by atoms with Crippen molar-refractivity contribution in [3.8, 4) is 0 Å². The molecule has 0 saturated carbocycles. The molecule has 1 aliphatic carbocycles. The van der Waals surface area contributed by atoms with Crippen LogP contribution in [0.4, 0.5) is 5.69 Å². The number of nitro groups is 1. The standard InChI is InChI=1S/C24H24N3O4.HI/c1-4-25-20(14-11-16-9-12-17(13-10-16)27(30)31)26(15(2)3)22-21(25)23(28)18-7-5-6-8-19(18)24(22)29;/h5-15,21-22H,4H2,1-3H3;1H/q+1;/p-1/b14-11+;.